The number of benzene rings is 1. The minimum Gasteiger partial charge on any atom is -0.489 e. The Morgan fingerprint density at radius 3 is 2.83 bits per heavy atom. The minimum absolute atomic E-state index is 0.151. The van der Waals surface area contributed by atoms with Crippen molar-refractivity contribution in [2.45, 2.75) is 70.7 Å². The van der Waals surface area contributed by atoms with Crippen LogP contribution in [0.4, 0.5) is 0 Å². The van der Waals surface area contributed by atoms with Gasteiger partial charge in [-0.3, -0.25) is 24.6 Å². The molecule has 1 N–H and O–H groups in total. The number of fused-ring (bicyclic) bond motifs is 1. The first-order chi connectivity index (χ1) is 14.0. The zero-order valence-electron chi connectivity index (χ0n) is 17.1. The molecule has 2 unspecified atom stereocenters. The van der Waals surface area contributed by atoms with Gasteiger partial charge in [-0.15, -0.1) is 0 Å². The van der Waals surface area contributed by atoms with Gasteiger partial charge in [-0.25, -0.2) is 0 Å². The van der Waals surface area contributed by atoms with E-state index in [-0.39, 0.29) is 30.2 Å². The largest absolute Gasteiger partial charge is 0.489 e. The third-order valence-corrected chi connectivity index (χ3v) is 6.42. The Morgan fingerprint density at radius 1 is 1.24 bits per heavy atom. The highest BCUT2D eigenvalue weighted by atomic mass is 16.5. The number of ether oxygens (including phenoxy) is 1. The molecule has 7 heteroatoms. The molecule has 0 bridgehead atoms. The molecular weight excluding hydrogens is 370 g/mol. The van der Waals surface area contributed by atoms with Crippen LogP contribution < -0.4 is 10.1 Å². The Labute approximate surface area is 171 Å². The maximum atomic E-state index is 12.8. The Kier molecular flexibility index (Phi) is 5.58. The standard InChI is InChI=1S/C22H29N3O4/c1-3-14(2)24-10-4-5-17(13-24)29-16-6-7-18-15(11-16)12-25(22(18)28)19-8-9-20(26)23-21(19)27/h6-7,11,14,17,19H,3-5,8-10,12-13H2,1-2H3,(H,23,26,27)/t14?,17-,19?/m1/s1. The van der Waals surface area contributed by atoms with E-state index in [0.29, 0.717) is 24.6 Å². The summed E-state index contributed by atoms with van der Waals surface area (Å²) in [5.41, 5.74) is 1.50. The Balaban J connectivity index is 1.44. The van der Waals surface area contributed by atoms with Crippen LogP contribution in [0.25, 0.3) is 0 Å². The van der Waals surface area contributed by atoms with E-state index in [2.05, 4.69) is 24.1 Å². The predicted molar refractivity (Wildman–Crippen MR) is 107 cm³/mol. The third kappa shape index (κ3) is 4.01. The first-order valence-electron chi connectivity index (χ1n) is 10.6. The highest BCUT2D eigenvalue weighted by molar-refractivity contribution is 6.05. The van der Waals surface area contributed by atoms with Gasteiger partial charge in [-0.2, -0.15) is 0 Å². The minimum atomic E-state index is -0.584. The van der Waals surface area contributed by atoms with Crippen LogP contribution in [0, 0.1) is 0 Å². The van der Waals surface area contributed by atoms with Crippen LogP contribution in [0.15, 0.2) is 18.2 Å². The molecule has 3 heterocycles. The Bertz CT molecular complexity index is 824. The molecule has 156 valence electrons. The van der Waals surface area contributed by atoms with Crippen molar-refractivity contribution < 1.29 is 19.1 Å². The number of rotatable bonds is 5. The van der Waals surface area contributed by atoms with Gasteiger partial charge in [-0.05, 0) is 62.9 Å². The van der Waals surface area contributed by atoms with Gasteiger partial charge in [0.15, 0.2) is 0 Å². The van der Waals surface area contributed by atoms with Crippen LogP contribution in [0.5, 0.6) is 5.75 Å². The summed E-state index contributed by atoms with van der Waals surface area (Å²) in [6.45, 7) is 6.89. The Hall–Kier alpha value is -2.41. The van der Waals surface area contributed by atoms with Crippen molar-refractivity contribution >= 4 is 17.7 Å². The molecule has 3 aliphatic rings. The maximum Gasteiger partial charge on any atom is 0.255 e. The van der Waals surface area contributed by atoms with Gasteiger partial charge in [0.1, 0.15) is 17.9 Å². The second kappa shape index (κ2) is 8.14. The van der Waals surface area contributed by atoms with E-state index in [1.54, 1.807) is 11.0 Å². The summed E-state index contributed by atoms with van der Waals surface area (Å²) in [6.07, 6.45) is 4.08. The highest BCUT2D eigenvalue weighted by Crippen LogP contribution is 2.31. The average Bonchev–Trinajstić information content (AvgIpc) is 3.03. The lowest BCUT2D eigenvalue weighted by atomic mass is 10.0. The number of hydrogen-bond acceptors (Lipinski definition) is 5. The van der Waals surface area contributed by atoms with E-state index >= 15 is 0 Å². The van der Waals surface area contributed by atoms with Gasteiger partial charge in [-0.1, -0.05) is 6.92 Å². The quantitative estimate of drug-likeness (QED) is 0.767. The molecule has 29 heavy (non-hydrogen) atoms. The molecule has 0 aromatic heterocycles. The molecule has 3 amide bonds. The van der Waals surface area contributed by atoms with Crippen molar-refractivity contribution in [2.75, 3.05) is 13.1 Å². The number of hydrogen-bond donors (Lipinski definition) is 1. The fourth-order valence-corrected chi connectivity index (χ4v) is 4.54. The second-order valence-electron chi connectivity index (χ2n) is 8.35. The van der Waals surface area contributed by atoms with Crippen molar-refractivity contribution in [1.82, 2.24) is 15.1 Å². The molecular formula is C22H29N3O4. The molecule has 1 aromatic carbocycles. The summed E-state index contributed by atoms with van der Waals surface area (Å²) in [6, 6.07) is 5.56. The SMILES string of the molecule is CCC(C)N1CCC[C@@H](Oc2ccc3c(c2)CN(C2CCC(=O)NC2=O)C3=O)C1. The molecule has 3 atom stereocenters. The van der Waals surface area contributed by atoms with Gasteiger partial charge in [0.25, 0.3) is 5.91 Å². The van der Waals surface area contributed by atoms with Crippen molar-refractivity contribution in [3.8, 4) is 5.75 Å². The topological polar surface area (TPSA) is 79.0 Å². The van der Waals surface area contributed by atoms with E-state index in [9.17, 15) is 14.4 Å². The van der Waals surface area contributed by atoms with Crippen molar-refractivity contribution in [1.29, 1.82) is 0 Å². The average molecular weight is 399 g/mol. The molecule has 7 nitrogen and oxygen atoms in total. The number of carbonyl (C=O) groups is 3. The van der Waals surface area contributed by atoms with Gasteiger partial charge in [0, 0.05) is 31.1 Å². The third-order valence-electron chi connectivity index (χ3n) is 6.42. The summed E-state index contributed by atoms with van der Waals surface area (Å²) in [4.78, 5) is 40.4. The van der Waals surface area contributed by atoms with Crippen LogP contribution >= 0.6 is 0 Å². The van der Waals surface area contributed by atoms with Crippen molar-refractivity contribution in [3.63, 3.8) is 0 Å². The number of likely N-dealkylation sites (tertiary alicyclic amines) is 1. The lowest BCUT2D eigenvalue weighted by Gasteiger charge is -2.36. The van der Waals surface area contributed by atoms with Crippen LogP contribution in [-0.2, 0) is 16.1 Å². The fourth-order valence-electron chi connectivity index (χ4n) is 4.54. The predicted octanol–water partition coefficient (Wildman–Crippen LogP) is 2.09. The van der Waals surface area contributed by atoms with Crippen molar-refractivity contribution in [3.05, 3.63) is 29.3 Å². The van der Waals surface area contributed by atoms with Gasteiger partial charge < -0.3 is 9.64 Å². The van der Waals surface area contributed by atoms with Crippen LogP contribution in [0.2, 0.25) is 0 Å². The highest BCUT2D eigenvalue weighted by Gasteiger charge is 2.39. The van der Waals surface area contributed by atoms with Crippen LogP contribution in [0.1, 0.15) is 61.9 Å². The molecule has 2 saturated heterocycles. The second-order valence-corrected chi connectivity index (χ2v) is 8.35. The molecule has 3 aliphatic heterocycles. The molecule has 0 radical (unpaired) electrons. The van der Waals surface area contributed by atoms with Crippen molar-refractivity contribution in [2.24, 2.45) is 0 Å². The van der Waals surface area contributed by atoms with Gasteiger partial charge >= 0.3 is 0 Å². The molecule has 0 aliphatic carbocycles. The molecule has 4 rings (SSSR count). The summed E-state index contributed by atoms with van der Waals surface area (Å²) in [5, 5.41) is 2.34. The van der Waals surface area contributed by atoms with Gasteiger partial charge in [0.2, 0.25) is 11.8 Å². The molecule has 2 fully saturated rings. The van der Waals surface area contributed by atoms with Gasteiger partial charge in [0.05, 0.1) is 0 Å². The van der Waals surface area contributed by atoms with Crippen LogP contribution in [0.3, 0.4) is 0 Å². The van der Waals surface area contributed by atoms with Crippen LogP contribution in [-0.4, -0.2) is 58.8 Å². The zero-order chi connectivity index (χ0) is 20.5. The monoisotopic (exact) mass is 399 g/mol. The normalized spacial score (nSPS) is 26.3. The maximum absolute atomic E-state index is 12.8. The molecule has 0 spiro atoms. The summed E-state index contributed by atoms with van der Waals surface area (Å²) < 4.78 is 6.26. The number of carbonyl (C=O) groups excluding carboxylic acids is 3. The molecule has 0 saturated carbocycles. The lowest BCUT2D eigenvalue weighted by molar-refractivity contribution is -0.136. The summed E-state index contributed by atoms with van der Waals surface area (Å²) in [7, 11) is 0. The smallest absolute Gasteiger partial charge is 0.255 e. The van der Waals surface area contributed by atoms with E-state index in [1.807, 2.05) is 12.1 Å². The lowest BCUT2D eigenvalue weighted by Crippen LogP contribution is -2.52. The fraction of sp³-hybridized carbons (Fsp3) is 0.591. The first kappa shape index (κ1) is 19.9. The Morgan fingerprint density at radius 2 is 2.07 bits per heavy atom. The van der Waals surface area contributed by atoms with E-state index in [1.165, 1.54) is 0 Å². The summed E-state index contributed by atoms with van der Waals surface area (Å²) >= 11 is 0. The first-order valence-corrected chi connectivity index (χ1v) is 10.6. The van der Waals surface area contributed by atoms with E-state index < -0.39 is 6.04 Å². The zero-order valence-corrected chi connectivity index (χ0v) is 17.1. The van der Waals surface area contributed by atoms with E-state index in [4.69, 9.17) is 4.74 Å². The summed E-state index contributed by atoms with van der Waals surface area (Å²) in [5.74, 6) is -0.0319. The van der Waals surface area contributed by atoms with E-state index in [0.717, 1.165) is 43.7 Å². The number of imide groups is 1. The number of piperidine rings is 2. The number of amides is 3. The molecule has 1 aromatic rings. The number of nitrogens with one attached hydrogen (secondary N) is 1. The number of nitrogens with zero attached hydrogens (tertiary/aromatic N) is 2.